The van der Waals surface area contributed by atoms with E-state index in [1.54, 1.807) is 16.4 Å². The molecule has 0 spiro atoms. The Balaban J connectivity index is 1.77. The Morgan fingerprint density at radius 1 is 0.806 bits per heavy atom. The minimum absolute atomic E-state index is 0.298. The zero-order valence-corrected chi connectivity index (χ0v) is 23.2. The van der Waals surface area contributed by atoms with E-state index in [4.69, 9.17) is 4.74 Å². The molecule has 4 rings (SSSR count). The number of hydrogen-bond acceptors (Lipinski definition) is 4. The molecule has 2 aromatic rings. The van der Waals surface area contributed by atoms with E-state index in [2.05, 4.69) is 0 Å². The second-order valence-corrected chi connectivity index (χ2v) is 13.4. The van der Waals surface area contributed by atoms with Gasteiger partial charge in [0.1, 0.15) is 5.60 Å². The van der Waals surface area contributed by atoms with Gasteiger partial charge in [0.05, 0.1) is 10.5 Å². The largest absolute Gasteiger partial charge is 0.456 e. The van der Waals surface area contributed by atoms with Crippen molar-refractivity contribution in [1.29, 1.82) is 0 Å². The van der Waals surface area contributed by atoms with Crippen LogP contribution in [0.5, 0.6) is 0 Å². The summed E-state index contributed by atoms with van der Waals surface area (Å²) in [5.74, 6) is -0.298. The normalized spacial score (nSPS) is 18.0. The molecule has 0 saturated heterocycles. The summed E-state index contributed by atoms with van der Waals surface area (Å²) in [7, 11) is -3.64. The van der Waals surface area contributed by atoms with E-state index in [0.717, 1.165) is 66.3 Å². The summed E-state index contributed by atoms with van der Waals surface area (Å²) < 4.78 is 34.6. The summed E-state index contributed by atoms with van der Waals surface area (Å²) in [4.78, 5) is 13.7. The first-order chi connectivity index (χ1) is 17.1. The summed E-state index contributed by atoms with van der Waals surface area (Å²) in [5.41, 5.74) is 5.30. The number of fused-ring (bicyclic) bond motifs is 6. The highest BCUT2D eigenvalue weighted by Crippen LogP contribution is 2.37. The maximum atomic E-state index is 13.6. The molecule has 2 bridgehead atoms. The van der Waals surface area contributed by atoms with Crippen molar-refractivity contribution < 1.29 is 17.9 Å². The molecule has 0 aromatic heterocycles. The molecule has 0 atom stereocenters. The second-order valence-electron chi connectivity index (χ2n) is 11.4. The van der Waals surface area contributed by atoms with Gasteiger partial charge < -0.3 is 4.74 Å². The molecule has 2 aromatic carbocycles. The van der Waals surface area contributed by atoms with E-state index in [-0.39, 0.29) is 5.97 Å². The predicted molar refractivity (Wildman–Crippen MR) is 144 cm³/mol. The molecule has 0 saturated carbocycles. The maximum Gasteiger partial charge on any atom is 0.338 e. The number of ether oxygens (including phenoxy) is 1. The van der Waals surface area contributed by atoms with Crippen molar-refractivity contribution in [3.05, 3.63) is 63.7 Å². The van der Waals surface area contributed by atoms with Gasteiger partial charge in [-0.05, 0) is 93.8 Å². The smallest absolute Gasteiger partial charge is 0.338 e. The third-order valence-electron chi connectivity index (χ3n) is 7.33. The van der Waals surface area contributed by atoms with E-state index in [1.165, 1.54) is 25.7 Å². The molecule has 2 aliphatic rings. The van der Waals surface area contributed by atoms with Crippen LogP contribution >= 0.6 is 0 Å². The van der Waals surface area contributed by atoms with Gasteiger partial charge in [0.25, 0.3) is 0 Å². The lowest BCUT2D eigenvalue weighted by atomic mass is 9.87. The van der Waals surface area contributed by atoms with Crippen LogP contribution in [0.2, 0.25) is 0 Å². The highest BCUT2D eigenvalue weighted by molar-refractivity contribution is 7.89. The van der Waals surface area contributed by atoms with Gasteiger partial charge in [-0.2, -0.15) is 4.31 Å². The number of carbonyl (C=O) groups excluding carboxylic acids is 1. The van der Waals surface area contributed by atoms with Crippen LogP contribution in [-0.4, -0.2) is 24.3 Å². The average molecular weight is 512 g/mol. The third kappa shape index (κ3) is 6.20. The second kappa shape index (κ2) is 11.1. The van der Waals surface area contributed by atoms with E-state index >= 15 is 0 Å². The number of sulfonamides is 1. The summed E-state index contributed by atoms with van der Waals surface area (Å²) in [6, 6.07) is 9.09. The third-order valence-corrected chi connectivity index (χ3v) is 9.14. The zero-order chi connectivity index (χ0) is 25.9. The van der Waals surface area contributed by atoms with Gasteiger partial charge >= 0.3 is 5.97 Å². The molecular formula is C30H41NO4S. The summed E-state index contributed by atoms with van der Waals surface area (Å²) >= 11 is 0. The van der Waals surface area contributed by atoms with Crippen LogP contribution in [-0.2, 0) is 40.7 Å². The van der Waals surface area contributed by atoms with Gasteiger partial charge in [-0.1, -0.05) is 56.2 Å². The molecule has 6 heteroatoms. The van der Waals surface area contributed by atoms with E-state index < -0.39 is 15.6 Å². The number of hydrogen-bond donors (Lipinski definition) is 0. The Labute approximate surface area is 217 Å². The van der Waals surface area contributed by atoms with E-state index in [9.17, 15) is 13.2 Å². The Morgan fingerprint density at radius 3 is 1.97 bits per heavy atom. The van der Waals surface area contributed by atoms with Gasteiger partial charge in [-0.3, -0.25) is 0 Å². The van der Waals surface area contributed by atoms with E-state index in [0.29, 0.717) is 23.5 Å². The first kappa shape index (κ1) is 26.9. The fraction of sp³-hybridized carbons (Fsp3) is 0.567. The SMILES string of the molecule is Cc1ccc(S(=O)(=O)N2Cc3c4cc(C(=O)OC(C)(C)C)c(c3C2)CCCCCCCCCC4)cc1. The van der Waals surface area contributed by atoms with Crippen LogP contribution < -0.4 is 0 Å². The quantitative estimate of drug-likeness (QED) is 0.422. The number of nitrogens with zero attached hydrogens (tertiary/aromatic N) is 1. The van der Waals surface area contributed by atoms with Crippen molar-refractivity contribution in [2.24, 2.45) is 0 Å². The van der Waals surface area contributed by atoms with Crippen molar-refractivity contribution >= 4 is 16.0 Å². The summed E-state index contributed by atoms with van der Waals surface area (Å²) in [5, 5.41) is 0. The molecule has 0 unspecified atom stereocenters. The lowest BCUT2D eigenvalue weighted by Gasteiger charge is -2.23. The molecule has 36 heavy (non-hydrogen) atoms. The van der Waals surface area contributed by atoms with Crippen molar-refractivity contribution in [2.45, 2.75) is 115 Å². The number of esters is 1. The summed E-state index contributed by atoms with van der Waals surface area (Å²) in [6.45, 7) is 8.30. The molecule has 0 radical (unpaired) electrons. The van der Waals surface area contributed by atoms with Crippen LogP contribution in [0.1, 0.15) is 110 Å². The van der Waals surface area contributed by atoms with Gasteiger partial charge in [0.15, 0.2) is 0 Å². The number of benzene rings is 2. The van der Waals surface area contributed by atoms with Crippen molar-refractivity contribution in [1.82, 2.24) is 4.31 Å². The first-order valence-electron chi connectivity index (χ1n) is 13.5. The number of carbonyl (C=O) groups is 1. The number of aryl methyl sites for hydroxylation is 2. The fourth-order valence-corrected chi connectivity index (χ4v) is 6.79. The van der Waals surface area contributed by atoms with E-state index in [1.807, 2.05) is 45.9 Å². The first-order valence-corrected chi connectivity index (χ1v) is 15.0. The molecule has 0 amide bonds. The Bertz CT molecular complexity index is 1190. The minimum Gasteiger partial charge on any atom is -0.456 e. The molecule has 1 aliphatic heterocycles. The minimum atomic E-state index is -3.64. The topological polar surface area (TPSA) is 63.7 Å². The van der Waals surface area contributed by atoms with Crippen LogP contribution in [0, 0.1) is 6.92 Å². The highest BCUT2D eigenvalue weighted by Gasteiger charge is 2.35. The monoisotopic (exact) mass is 511 g/mol. The van der Waals surface area contributed by atoms with Crippen LogP contribution in [0.4, 0.5) is 0 Å². The predicted octanol–water partition coefficient (Wildman–Crippen LogP) is 6.87. The molecule has 196 valence electrons. The maximum absolute atomic E-state index is 13.6. The fourth-order valence-electron chi connectivity index (χ4n) is 5.41. The Hall–Kier alpha value is -2.18. The van der Waals surface area contributed by atoms with Crippen LogP contribution in [0.3, 0.4) is 0 Å². The van der Waals surface area contributed by atoms with Crippen LogP contribution in [0.25, 0.3) is 0 Å². The standard InChI is InChI=1S/C30H41NO4S/c1-22-15-17-24(18-16-22)36(33,34)31-20-27-23-13-11-9-7-5-6-8-10-12-14-25(28(27)21-31)26(19-23)29(32)35-30(2,3)4/h15-19H,5-14,20-21H2,1-4H3. The van der Waals surface area contributed by atoms with Gasteiger partial charge in [0, 0.05) is 13.1 Å². The summed E-state index contributed by atoms with van der Waals surface area (Å²) in [6.07, 6.45) is 10.9. The molecule has 1 heterocycles. The molecule has 0 fully saturated rings. The van der Waals surface area contributed by atoms with Crippen molar-refractivity contribution in [3.63, 3.8) is 0 Å². The lowest BCUT2D eigenvalue weighted by Crippen LogP contribution is -2.26. The average Bonchev–Trinajstić information content (AvgIpc) is 3.26. The van der Waals surface area contributed by atoms with Crippen molar-refractivity contribution in [3.8, 4) is 0 Å². The van der Waals surface area contributed by atoms with Crippen molar-refractivity contribution in [2.75, 3.05) is 0 Å². The zero-order valence-electron chi connectivity index (χ0n) is 22.4. The van der Waals surface area contributed by atoms with Gasteiger partial charge in [-0.15, -0.1) is 0 Å². The molecule has 5 nitrogen and oxygen atoms in total. The van der Waals surface area contributed by atoms with Gasteiger partial charge in [0.2, 0.25) is 10.0 Å². The Kier molecular flexibility index (Phi) is 8.25. The highest BCUT2D eigenvalue weighted by atomic mass is 32.2. The van der Waals surface area contributed by atoms with Gasteiger partial charge in [-0.25, -0.2) is 13.2 Å². The Morgan fingerprint density at radius 2 is 1.36 bits per heavy atom. The lowest BCUT2D eigenvalue weighted by molar-refractivity contribution is 0.00680. The van der Waals surface area contributed by atoms with Crippen LogP contribution in [0.15, 0.2) is 35.2 Å². The molecule has 1 aliphatic carbocycles. The number of rotatable bonds is 3. The molecular weight excluding hydrogens is 470 g/mol. The molecule has 0 N–H and O–H groups in total.